The summed E-state index contributed by atoms with van der Waals surface area (Å²) in [6, 6.07) is 24.9. The monoisotopic (exact) mass is 419 g/mol. The lowest BCUT2D eigenvalue weighted by Gasteiger charge is -2.17. The van der Waals surface area contributed by atoms with Gasteiger partial charge in [0, 0.05) is 11.6 Å². The van der Waals surface area contributed by atoms with Crippen molar-refractivity contribution in [3.05, 3.63) is 95.3 Å². The number of rotatable bonds is 7. The molecule has 1 amide bonds. The van der Waals surface area contributed by atoms with E-state index in [2.05, 4.69) is 22.0 Å². The van der Waals surface area contributed by atoms with Crippen LogP contribution in [0, 0.1) is 0 Å². The van der Waals surface area contributed by atoms with Crippen molar-refractivity contribution in [3.63, 3.8) is 0 Å². The van der Waals surface area contributed by atoms with E-state index < -0.39 is 0 Å². The maximum atomic E-state index is 12.5. The number of ether oxygens (including phenoxy) is 1. The molecule has 1 heterocycles. The summed E-state index contributed by atoms with van der Waals surface area (Å²) >= 11 is 5.87. The Morgan fingerprint density at radius 3 is 2.50 bits per heavy atom. The fraction of sp³-hybridized carbons (Fsp3) is 0.167. The first-order chi connectivity index (χ1) is 14.6. The minimum Gasteiger partial charge on any atom is -0.484 e. The van der Waals surface area contributed by atoms with Crippen LogP contribution in [0.2, 0.25) is 5.02 Å². The molecule has 0 radical (unpaired) electrons. The number of nitrogens with zero attached hydrogens (tertiary/aromatic N) is 2. The molecule has 0 bridgehead atoms. The number of imidazole rings is 1. The van der Waals surface area contributed by atoms with Gasteiger partial charge < -0.3 is 14.6 Å². The number of benzene rings is 3. The quantitative estimate of drug-likeness (QED) is 0.459. The number of amides is 1. The lowest BCUT2D eigenvalue weighted by atomic mass is 10.2. The normalized spacial score (nSPS) is 11.9. The van der Waals surface area contributed by atoms with E-state index >= 15 is 0 Å². The Morgan fingerprint density at radius 2 is 1.73 bits per heavy atom. The van der Waals surface area contributed by atoms with Gasteiger partial charge >= 0.3 is 0 Å². The van der Waals surface area contributed by atoms with Crippen LogP contribution in [0.25, 0.3) is 11.0 Å². The summed E-state index contributed by atoms with van der Waals surface area (Å²) in [4.78, 5) is 17.2. The van der Waals surface area contributed by atoms with E-state index in [1.807, 2.05) is 49.4 Å². The molecule has 3 aromatic carbocycles. The Bertz CT molecular complexity index is 1140. The van der Waals surface area contributed by atoms with Crippen LogP contribution in [-0.4, -0.2) is 22.1 Å². The average Bonchev–Trinajstić information content (AvgIpc) is 3.13. The molecule has 5 nitrogen and oxygen atoms in total. The minimum absolute atomic E-state index is 0.0785. The van der Waals surface area contributed by atoms with Gasteiger partial charge in [-0.3, -0.25) is 4.79 Å². The van der Waals surface area contributed by atoms with Crippen LogP contribution in [0.3, 0.4) is 0 Å². The number of carbonyl (C=O) groups is 1. The van der Waals surface area contributed by atoms with E-state index in [0.717, 1.165) is 16.9 Å². The zero-order valence-electron chi connectivity index (χ0n) is 16.6. The number of halogens is 1. The molecule has 0 aliphatic carbocycles. The number of carbonyl (C=O) groups excluding carboxylic acids is 1. The molecule has 152 valence electrons. The van der Waals surface area contributed by atoms with Crippen LogP contribution >= 0.6 is 11.6 Å². The first-order valence-electron chi connectivity index (χ1n) is 9.77. The highest BCUT2D eigenvalue weighted by molar-refractivity contribution is 6.30. The molecule has 1 unspecified atom stereocenters. The van der Waals surface area contributed by atoms with Crippen LogP contribution < -0.4 is 10.1 Å². The van der Waals surface area contributed by atoms with E-state index in [9.17, 15) is 4.79 Å². The fourth-order valence-electron chi connectivity index (χ4n) is 3.38. The topological polar surface area (TPSA) is 56.1 Å². The second kappa shape index (κ2) is 9.01. The lowest BCUT2D eigenvalue weighted by molar-refractivity contribution is -0.123. The highest BCUT2D eigenvalue weighted by Crippen LogP contribution is 2.22. The molecule has 0 aliphatic rings. The van der Waals surface area contributed by atoms with E-state index in [0.29, 0.717) is 17.3 Å². The van der Waals surface area contributed by atoms with Crippen molar-refractivity contribution in [2.75, 3.05) is 6.61 Å². The van der Waals surface area contributed by atoms with Crippen LogP contribution in [0.5, 0.6) is 5.75 Å². The molecule has 0 spiro atoms. The molecule has 4 aromatic rings. The van der Waals surface area contributed by atoms with Gasteiger partial charge in [0.05, 0.1) is 17.1 Å². The first kappa shape index (κ1) is 20.0. The van der Waals surface area contributed by atoms with Crippen molar-refractivity contribution in [2.24, 2.45) is 0 Å². The smallest absolute Gasteiger partial charge is 0.258 e. The zero-order chi connectivity index (χ0) is 20.9. The number of para-hydroxylation sites is 2. The van der Waals surface area contributed by atoms with E-state index in [-0.39, 0.29) is 18.6 Å². The lowest BCUT2D eigenvalue weighted by Crippen LogP contribution is -2.32. The summed E-state index contributed by atoms with van der Waals surface area (Å²) in [6.07, 6.45) is 0. The van der Waals surface area contributed by atoms with Gasteiger partial charge in [0.25, 0.3) is 5.91 Å². The van der Waals surface area contributed by atoms with E-state index in [1.165, 1.54) is 5.56 Å². The van der Waals surface area contributed by atoms with Crippen LogP contribution in [0.1, 0.15) is 24.4 Å². The molecule has 0 saturated heterocycles. The number of hydrogen-bond donors (Lipinski definition) is 1. The standard InChI is InChI=1S/C24H22ClN3O2/c1-17(26-23(29)16-30-20-13-11-19(25)12-14-20)24-27-21-9-5-6-10-22(21)28(24)15-18-7-3-2-4-8-18/h2-14,17H,15-16H2,1H3,(H,26,29). The Morgan fingerprint density at radius 1 is 1.03 bits per heavy atom. The molecular weight excluding hydrogens is 398 g/mol. The maximum Gasteiger partial charge on any atom is 0.258 e. The molecule has 0 fully saturated rings. The predicted octanol–water partition coefficient (Wildman–Crippen LogP) is 4.99. The van der Waals surface area contributed by atoms with Crippen molar-refractivity contribution in [1.82, 2.24) is 14.9 Å². The third-order valence-electron chi connectivity index (χ3n) is 4.82. The molecule has 30 heavy (non-hydrogen) atoms. The van der Waals surface area contributed by atoms with Crippen molar-refractivity contribution < 1.29 is 9.53 Å². The maximum absolute atomic E-state index is 12.5. The third-order valence-corrected chi connectivity index (χ3v) is 5.07. The van der Waals surface area contributed by atoms with Gasteiger partial charge in [0.1, 0.15) is 11.6 Å². The van der Waals surface area contributed by atoms with E-state index in [1.54, 1.807) is 24.3 Å². The SMILES string of the molecule is CC(NC(=O)COc1ccc(Cl)cc1)c1nc2ccccc2n1Cc1ccccc1. The Balaban J connectivity index is 1.50. The Labute approximate surface area is 180 Å². The summed E-state index contributed by atoms with van der Waals surface area (Å²) in [6.45, 7) is 2.53. The van der Waals surface area contributed by atoms with Gasteiger partial charge in [-0.05, 0) is 48.9 Å². The molecule has 6 heteroatoms. The molecule has 1 atom stereocenters. The third kappa shape index (κ3) is 4.63. The van der Waals surface area contributed by atoms with E-state index in [4.69, 9.17) is 21.3 Å². The number of fused-ring (bicyclic) bond motifs is 1. The van der Waals surface area contributed by atoms with Crippen LogP contribution in [0.15, 0.2) is 78.9 Å². The molecule has 0 aliphatic heterocycles. The van der Waals surface area contributed by atoms with Crippen molar-refractivity contribution in [2.45, 2.75) is 19.5 Å². The highest BCUT2D eigenvalue weighted by atomic mass is 35.5. The predicted molar refractivity (Wildman–Crippen MR) is 119 cm³/mol. The molecule has 1 aromatic heterocycles. The summed E-state index contributed by atoms with van der Waals surface area (Å²) in [5.74, 6) is 1.19. The first-order valence-corrected chi connectivity index (χ1v) is 10.1. The van der Waals surface area contributed by atoms with Crippen molar-refractivity contribution in [3.8, 4) is 5.75 Å². The zero-order valence-corrected chi connectivity index (χ0v) is 17.3. The van der Waals surface area contributed by atoms with Crippen LogP contribution in [-0.2, 0) is 11.3 Å². The summed E-state index contributed by atoms with van der Waals surface area (Å²) in [7, 11) is 0. The van der Waals surface area contributed by atoms with Crippen molar-refractivity contribution >= 4 is 28.5 Å². The van der Waals surface area contributed by atoms with Gasteiger partial charge in [-0.2, -0.15) is 0 Å². The second-order valence-corrected chi connectivity index (χ2v) is 7.50. The Hall–Kier alpha value is -3.31. The van der Waals surface area contributed by atoms with Gasteiger partial charge in [0.2, 0.25) is 0 Å². The van der Waals surface area contributed by atoms with Gasteiger partial charge in [-0.25, -0.2) is 4.98 Å². The van der Waals surface area contributed by atoms with Gasteiger partial charge in [0.15, 0.2) is 6.61 Å². The average molecular weight is 420 g/mol. The second-order valence-electron chi connectivity index (χ2n) is 7.06. The minimum atomic E-state index is -0.276. The number of aromatic nitrogens is 2. The summed E-state index contributed by atoms with van der Waals surface area (Å²) < 4.78 is 7.69. The summed E-state index contributed by atoms with van der Waals surface area (Å²) in [5.41, 5.74) is 3.11. The largest absolute Gasteiger partial charge is 0.484 e. The van der Waals surface area contributed by atoms with Gasteiger partial charge in [-0.15, -0.1) is 0 Å². The highest BCUT2D eigenvalue weighted by Gasteiger charge is 2.19. The Kier molecular flexibility index (Phi) is 6.00. The van der Waals surface area contributed by atoms with Crippen molar-refractivity contribution in [1.29, 1.82) is 0 Å². The number of hydrogen-bond acceptors (Lipinski definition) is 3. The molecule has 1 N–H and O–H groups in total. The van der Waals surface area contributed by atoms with Crippen LogP contribution in [0.4, 0.5) is 0 Å². The van der Waals surface area contributed by atoms with Gasteiger partial charge in [-0.1, -0.05) is 54.1 Å². The molecule has 4 rings (SSSR count). The fourth-order valence-corrected chi connectivity index (χ4v) is 3.51. The molecule has 0 saturated carbocycles. The molecular formula is C24H22ClN3O2. The summed E-state index contributed by atoms with van der Waals surface area (Å²) in [5, 5.41) is 3.61. The number of nitrogens with one attached hydrogen (secondary N) is 1.